The van der Waals surface area contributed by atoms with Crippen LogP contribution in [0.15, 0.2) is 24.3 Å². The smallest absolute Gasteiger partial charge is 0.142 e. The fourth-order valence-electron chi connectivity index (χ4n) is 2.17. The first-order valence-corrected chi connectivity index (χ1v) is 6.44. The van der Waals surface area contributed by atoms with Gasteiger partial charge in [0.05, 0.1) is 12.8 Å². The zero-order valence-corrected chi connectivity index (χ0v) is 12.4. The molecule has 0 spiro atoms. The highest BCUT2D eigenvalue weighted by molar-refractivity contribution is 5.58. The summed E-state index contributed by atoms with van der Waals surface area (Å²) in [7, 11) is 5.84. The van der Waals surface area contributed by atoms with Crippen molar-refractivity contribution in [1.82, 2.24) is 5.32 Å². The van der Waals surface area contributed by atoms with Gasteiger partial charge in [-0.2, -0.15) is 0 Å². The molecule has 1 atom stereocenters. The third-order valence-electron chi connectivity index (χ3n) is 3.75. The number of para-hydroxylation sites is 2. The zero-order chi connectivity index (χ0) is 13.8. The third-order valence-corrected chi connectivity index (χ3v) is 3.75. The summed E-state index contributed by atoms with van der Waals surface area (Å²) >= 11 is 0. The first kappa shape index (κ1) is 14.8. The summed E-state index contributed by atoms with van der Waals surface area (Å²) in [5.74, 6) is 0.924. The van der Waals surface area contributed by atoms with Gasteiger partial charge < -0.3 is 15.0 Å². The molecule has 102 valence electrons. The molecule has 0 saturated heterocycles. The third kappa shape index (κ3) is 3.39. The van der Waals surface area contributed by atoms with Crippen LogP contribution >= 0.6 is 0 Å². The van der Waals surface area contributed by atoms with Gasteiger partial charge in [0.2, 0.25) is 0 Å². The Hall–Kier alpha value is -1.22. The molecule has 0 bridgehead atoms. The number of nitrogens with one attached hydrogen (secondary N) is 1. The lowest BCUT2D eigenvalue weighted by molar-refractivity contribution is 0.274. The number of ether oxygens (including phenoxy) is 1. The van der Waals surface area contributed by atoms with Crippen molar-refractivity contribution in [2.75, 3.05) is 32.6 Å². The molecule has 0 aromatic heterocycles. The summed E-state index contributed by atoms with van der Waals surface area (Å²) in [6.07, 6.45) is 0. The standard InChI is InChI=1S/C15H26N2O/c1-12(16-4)15(2,3)11-17(5)13-9-7-8-10-14(13)18-6/h7-10,12,16H,11H2,1-6H3. The fourth-order valence-corrected chi connectivity index (χ4v) is 2.17. The molecule has 3 heteroatoms. The molecular weight excluding hydrogens is 224 g/mol. The molecule has 0 heterocycles. The normalized spacial score (nSPS) is 13.2. The van der Waals surface area contributed by atoms with Gasteiger partial charge in [0.1, 0.15) is 5.75 Å². The quantitative estimate of drug-likeness (QED) is 0.840. The Morgan fingerprint density at radius 2 is 1.94 bits per heavy atom. The van der Waals surface area contributed by atoms with Crippen LogP contribution in [0.25, 0.3) is 0 Å². The molecule has 0 saturated carbocycles. The minimum absolute atomic E-state index is 0.185. The molecule has 1 rings (SSSR count). The van der Waals surface area contributed by atoms with Crippen LogP contribution in [0.3, 0.4) is 0 Å². The van der Waals surface area contributed by atoms with E-state index >= 15 is 0 Å². The van der Waals surface area contributed by atoms with E-state index in [0.29, 0.717) is 6.04 Å². The topological polar surface area (TPSA) is 24.5 Å². The lowest BCUT2D eigenvalue weighted by Gasteiger charge is -2.36. The van der Waals surface area contributed by atoms with Crippen LogP contribution in [0.5, 0.6) is 5.75 Å². The number of rotatable bonds is 6. The second-order valence-corrected chi connectivity index (χ2v) is 5.53. The summed E-state index contributed by atoms with van der Waals surface area (Å²) in [6.45, 7) is 7.74. The highest BCUT2D eigenvalue weighted by Gasteiger charge is 2.27. The Bertz CT molecular complexity index is 377. The van der Waals surface area contributed by atoms with Crippen molar-refractivity contribution in [3.05, 3.63) is 24.3 Å². The van der Waals surface area contributed by atoms with Gasteiger partial charge in [0.25, 0.3) is 0 Å². The Labute approximate surface area is 111 Å². The van der Waals surface area contributed by atoms with Gasteiger partial charge in [0, 0.05) is 19.6 Å². The molecule has 1 aromatic carbocycles. The molecule has 0 fully saturated rings. The van der Waals surface area contributed by atoms with E-state index in [0.717, 1.165) is 18.0 Å². The largest absolute Gasteiger partial charge is 0.495 e. The van der Waals surface area contributed by atoms with E-state index in [1.807, 2.05) is 25.2 Å². The van der Waals surface area contributed by atoms with E-state index in [-0.39, 0.29) is 5.41 Å². The molecular formula is C15H26N2O. The Balaban J connectivity index is 2.85. The monoisotopic (exact) mass is 250 g/mol. The van der Waals surface area contributed by atoms with Crippen LogP contribution in [-0.2, 0) is 0 Å². The van der Waals surface area contributed by atoms with Crippen molar-refractivity contribution in [2.45, 2.75) is 26.8 Å². The molecule has 1 unspecified atom stereocenters. The van der Waals surface area contributed by atoms with Crippen molar-refractivity contribution in [2.24, 2.45) is 5.41 Å². The van der Waals surface area contributed by atoms with E-state index in [4.69, 9.17) is 4.74 Å². The summed E-state index contributed by atoms with van der Waals surface area (Å²) in [5, 5.41) is 3.33. The number of benzene rings is 1. The summed E-state index contributed by atoms with van der Waals surface area (Å²) in [4.78, 5) is 2.26. The molecule has 1 aromatic rings. The van der Waals surface area contributed by atoms with Crippen molar-refractivity contribution < 1.29 is 4.74 Å². The fraction of sp³-hybridized carbons (Fsp3) is 0.600. The molecule has 0 aliphatic heterocycles. The maximum absolute atomic E-state index is 5.41. The average molecular weight is 250 g/mol. The van der Waals surface area contributed by atoms with E-state index in [1.165, 1.54) is 0 Å². The van der Waals surface area contributed by atoms with E-state index in [2.05, 4.69) is 44.1 Å². The predicted molar refractivity (Wildman–Crippen MR) is 78.6 cm³/mol. The zero-order valence-electron chi connectivity index (χ0n) is 12.4. The Morgan fingerprint density at radius 1 is 1.33 bits per heavy atom. The minimum atomic E-state index is 0.185. The maximum Gasteiger partial charge on any atom is 0.142 e. The van der Waals surface area contributed by atoms with E-state index in [9.17, 15) is 0 Å². The first-order valence-electron chi connectivity index (χ1n) is 6.44. The number of anilines is 1. The maximum atomic E-state index is 5.41. The van der Waals surface area contributed by atoms with Gasteiger partial charge in [-0.1, -0.05) is 26.0 Å². The molecule has 0 amide bonds. The van der Waals surface area contributed by atoms with Gasteiger partial charge >= 0.3 is 0 Å². The highest BCUT2D eigenvalue weighted by Crippen LogP contribution is 2.30. The van der Waals surface area contributed by atoms with Gasteiger partial charge in [0.15, 0.2) is 0 Å². The van der Waals surface area contributed by atoms with Crippen molar-refractivity contribution in [3.8, 4) is 5.75 Å². The summed E-state index contributed by atoms with van der Waals surface area (Å²) in [6, 6.07) is 8.59. The Morgan fingerprint density at radius 3 is 2.50 bits per heavy atom. The molecule has 0 aliphatic carbocycles. The number of hydrogen-bond donors (Lipinski definition) is 1. The Kier molecular flexibility index (Phi) is 5.03. The van der Waals surface area contributed by atoms with Crippen LogP contribution in [0.2, 0.25) is 0 Å². The number of methoxy groups -OCH3 is 1. The molecule has 3 nitrogen and oxygen atoms in total. The van der Waals surface area contributed by atoms with Gasteiger partial charge in [-0.05, 0) is 31.5 Å². The van der Waals surface area contributed by atoms with Crippen LogP contribution in [0, 0.1) is 5.41 Å². The molecule has 0 radical (unpaired) electrons. The van der Waals surface area contributed by atoms with Crippen molar-refractivity contribution in [3.63, 3.8) is 0 Å². The minimum Gasteiger partial charge on any atom is -0.495 e. The first-order chi connectivity index (χ1) is 8.42. The number of hydrogen-bond acceptors (Lipinski definition) is 3. The lowest BCUT2D eigenvalue weighted by atomic mass is 9.85. The number of nitrogens with zero attached hydrogens (tertiary/aromatic N) is 1. The lowest BCUT2D eigenvalue weighted by Crippen LogP contribution is -2.44. The summed E-state index contributed by atoms with van der Waals surface area (Å²) in [5.41, 5.74) is 1.32. The van der Waals surface area contributed by atoms with Crippen LogP contribution in [0.1, 0.15) is 20.8 Å². The van der Waals surface area contributed by atoms with E-state index < -0.39 is 0 Å². The van der Waals surface area contributed by atoms with Crippen molar-refractivity contribution >= 4 is 5.69 Å². The summed E-state index contributed by atoms with van der Waals surface area (Å²) < 4.78 is 5.41. The molecule has 0 aliphatic rings. The second-order valence-electron chi connectivity index (χ2n) is 5.53. The van der Waals surface area contributed by atoms with Gasteiger partial charge in [-0.3, -0.25) is 0 Å². The van der Waals surface area contributed by atoms with E-state index in [1.54, 1.807) is 7.11 Å². The highest BCUT2D eigenvalue weighted by atomic mass is 16.5. The second kappa shape index (κ2) is 6.10. The SMILES string of the molecule is CNC(C)C(C)(C)CN(C)c1ccccc1OC. The van der Waals surface area contributed by atoms with Crippen molar-refractivity contribution in [1.29, 1.82) is 0 Å². The predicted octanol–water partition coefficient (Wildman–Crippen LogP) is 2.77. The average Bonchev–Trinajstić information content (AvgIpc) is 2.36. The van der Waals surface area contributed by atoms with Crippen LogP contribution < -0.4 is 15.0 Å². The van der Waals surface area contributed by atoms with Gasteiger partial charge in [-0.15, -0.1) is 0 Å². The molecule has 18 heavy (non-hydrogen) atoms. The van der Waals surface area contributed by atoms with Gasteiger partial charge in [-0.25, -0.2) is 0 Å². The molecule has 1 N–H and O–H groups in total. The van der Waals surface area contributed by atoms with Crippen LogP contribution in [-0.4, -0.2) is 33.8 Å². The van der Waals surface area contributed by atoms with Crippen LogP contribution in [0.4, 0.5) is 5.69 Å².